The first-order chi connectivity index (χ1) is 18.3. The van der Waals surface area contributed by atoms with E-state index in [9.17, 15) is 0 Å². The standard InChI is InChI=1S/C36H38N2/c1-6-13-32-20-21-34(37-32)33-19-11-10-16-29(33)22-26(2)38-25-31(36(3,4)5)24-35(38)30-18-12-17-28(23-30)27-14-8-7-9-15-27/h7-12,14-21,23-25,37H,2,6,13,22H2,1,3-5H3. The molecule has 0 aliphatic heterocycles. The van der Waals surface area contributed by atoms with Crippen molar-refractivity contribution in [1.82, 2.24) is 9.55 Å². The van der Waals surface area contributed by atoms with Gasteiger partial charge in [-0.05, 0) is 63.9 Å². The van der Waals surface area contributed by atoms with Crippen LogP contribution in [0.5, 0.6) is 0 Å². The molecule has 0 unspecified atom stereocenters. The average molecular weight is 499 g/mol. The van der Waals surface area contributed by atoms with Gasteiger partial charge in [0, 0.05) is 35.3 Å². The van der Waals surface area contributed by atoms with Crippen molar-refractivity contribution in [2.45, 2.75) is 52.4 Å². The number of rotatable bonds is 8. The molecule has 0 saturated heterocycles. The fourth-order valence-electron chi connectivity index (χ4n) is 5.10. The Morgan fingerprint density at radius 2 is 1.50 bits per heavy atom. The van der Waals surface area contributed by atoms with Crippen LogP contribution in [0.25, 0.3) is 39.3 Å². The number of aromatic amines is 1. The fourth-order valence-corrected chi connectivity index (χ4v) is 5.10. The van der Waals surface area contributed by atoms with Crippen LogP contribution in [-0.4, -0.2) is 9.55 Å². The van der Waals surface area contributed by atoms with Gasteiger partial charge in [0.2, 0.25) is 0 Å². The molecule has 2 nitrogen and oxygen atoms in total. The second-order valence-corrected chi connectivity index (χ2v) is 11.2. The van der Waals surface area contributed by atoms with Crippen LogP contribution in [0, 0.1) is 0 Å². The quantitative estimate of drug-likeness (QED) is 0.220. The maximum atomic E-state index is 4.60. The van der Waals surface area contributed by atoms with Gasteiger partial charge in [-0.3, -0.25) is 0 Å². The molecule has 192 valence electrons. The Hall–Kier alpha value is -4.04. The molecular formula is C36H38N2. The van der Waals surface area contributed by atoms with Crippen LogP contribution < -0.4 is 0 Å². The second kappa shape index (κ2) is 10.8. The molecule has 0 bridgehead atoms. The number of nitrogens with zero attached hydrogens (tertiary/aromatic N) is 1. The molecule has 5 aromatic rings. The van der Waals surface area contributed by atoms with Gasteiger partial charge in [0.1, 0.15) is 0 Å². The average Bonchev–Trinajstić information content (AvgIpc) is 3.58. The summed E-state index contributed by atoms with van der Waals surface area (Å²) in [5, 5.41) is 0. The van der Waals surface area contributed by atoms with Crippen LogP contribution in [0.3, 0.4) is 0 Å². The predicted octanol–water partition coefficient (Wildman–Crippen LogP) is 9.78. The third-order valence-corrected chi connectivity index (χ3v) is 7.26. The second-order valence-electron chi connectivity index (χ2n) is 11.2. The van der Waals surface area contributed by atoms with Gasteiger partial charge in [0.15, 0.2) is 0 Å². The molecule has 5 rings (SSSR count). The lowest BCUT2D eigenvalue weighted by Crippen LogP contribution is -2.09. The lowest BCUT2D eigenvalue weighted by Gasteiger charge is -2.17. The van der Waals surface area contributed by atoms with E-state index < -0.39 is 0 Å². The van der Waals surface area contributed by atoms with E-state index in [0.29, 0.717) is 0 Å². The molecule has 0 saturated carbocycles. The Kier molecular flexibility index (Phi) is 7.24. The number of hydrogen-bond donors (Lipinski definition) is 1. The Morgan fingerprint density at radius 3 is 2.26 bits per heavy atom. The van der Waals surface area contributed by atoms with Gasteiger partial charge in [-0.2, -0.15) is 0 Å². The van der Waals surface area contributed by atoms with Crippen LogP contribution in [0.15, 0.2) is 110 Å². The van der Waals surface area contributed by atoms with Crippen LogP contribution in [0.4, 0.5) is 0 Å². The molecule has 3 aromatic carbocycles. The van der Waals surface area contributed by atoms with Crippen molar-refractivity contribution in [3.05, 3.63) is 127 Å². The summed E-state index contributed by atoms with van der Waals surface area (Å²) >= 11 is 0. The van der Waals surface area contributed by atoms with E-state index in [1.54, 1.807) is 0 Å². The van der Waals surface area contributed by atoms with Gasteiger partial charge in [-0.15, -0.1) is 0 Å². The van der Waals surface area contributed by atoms with Crippen molar-refractivity contribution in [2.24, 2.45) is 0 Å². The van der Waals surface area contributed by atoms with Gasteiger partial charge >= 0.3 is 0 Å². The highest BCUT2D eigenvalue weighted by Crippen LogP contribution is 2.35. The van der Waals surface area contributed by atoms with Gasteiger partial charge in [0.25, 0.3) is 0 Å². The Balaban J connectivity index is 1.53. The number of aromatic nitrogens is 2. The molecule has 0 radical (unpaired) electrons. The molecule has 0 spiro atoms. The van der Waals surface area contributed by atoms with Crippen LogP contribution in [0.2, 0.25) is 0 Å². The zero-order chi connectivity index (χ0) is 26.7. The number of H-pyrrole nitrogens is 1. The highest BCUT2D eigenvalue weighted by Gasteiger charge is 2.20. The van der Waals surface area contributed by atoms with Crippen molar-refractivity contribution in [1.29, 1.82) is 0 Å². The van der Waals surface area contributed by atoms with Crippen molar-refractivity contribution >= 4 is 5.70 Å². The van der Waals surface area contributed by atoms with Gasteiger partial charge in [-0.25, -0.2) is 0 Å². The fraction of sp³-hybridized carbons (Fsp3) is 0.222. The number of nitrogens with one attached hydrogen (secondary N) is 1. The SMILES string of the molecule is C=C(Cc1ccccc1-c1ccc(CCC)[nH]1)n1cc(C(C)(C)C)cc1-c1cccc(-c2ccccc2)c1. The first-order valence-corrected chi connectivity index (χ1v) is 13.7. The topological polar surface area (TPSA) is 20.7 Å². The van der Waals surface area contributed by atoms with Crippen molar-refractivity contribution in [3.63, 3.8) is 0 Å². The van der Waals surface area contributed by atoms with E-state index in [0.717, 1.165) is 25.0 Å². The van der Waals surface area contributed by atoms with Crippen LogP contribution >= 0.6 is 0 Å². The molecule has 0 aliphatic rings. The molecule has 0 aliphatic carbocycles. The van der Waals surface area contributed by atoms with Crippen molar-refractivity contribution in [3.8, 4) is 33.6 Å². The van der Waals surface area contributed by atoms with E-state index in [4.69, 9.17) is 0 Å². The molecule has 0 fully saturated rings. The van der Waals surface area contributed by atoms with Gasteiger partial charge in [0.05, 0.1) is 5.69 Å². The zero-order valence-electron chi connectivity index (χ0n) is 23.1. The highest BCUT2D eigenvalue weighted by molar-refractivity contribution is 5.75. The lowest BCUT2D eigenvalue weighted by molar-refractivity contribution is 0.590. The third-order valence-electron chi connectivity index (χ3n) is 7.26. The monoisotopic (exact) mass is 498 g/mol. The first kappa shape index (κ1) is 25.6. The largest absolute Gasteiger partial charge is 0.358 e. The Bertz CT molecular complexity index is 1540. The Labute approximate surface area is 227 Å². The molecule has 38 heavy (non-hydrogen) atoms. The maximum absolute atomic E-state index is 4.60. The summed E-state index contributed by atoms with van der Waals surface area (Å²) in [4.78, 5) is 3.63. The molecule has 1 N–H and O–H groups in total. The van der Waals surface area contributed by atoms with Gasteiger partial charge < -0.3 is 9.55 Å². The maximum Gasteiger partial charge on any atom is 0.0528 e. The zero-order valence-corrected chi connectivity index (χ0v) is 23.1. The van der Waals surface area contributed by atoms with E-state index >= 15 is 0 Å². The molecule has 2 heteroatoms. The molecule has 2 aromatic heterocycles. The third kappa shape index (κ3) is 5.45. The summed E-state index contributed by atoms with van der Waals surface area (Å²) in [6, 6.07) is 34.9. The van der Waals surface area contributed by atoms with Crippen LogP contribution in [-0.2, 0) is 18.3 Å². The lowest BCUT2D eigenvalue weighted by atomic mass is 9.89. The van der Waals surface area contributed by atoms with E-state index in [-0.39, 0.29) is 5.41 Å². The van der Waals surface area contributed by atoms with Gasteiger partial charge in [-0.1, -0.05) is 113 Å². The summed E-state index contributed by atoms with van der Waals surface area (Å²) in [6.07, 6.45) is 5.25. The molecule has 0 atom stereocenters. The first-order valence-electron chi connectivity index (χ1n) is 13.7. The summed E-state index contributed by atoms with van der Waals surface area (Å²) in [6.45, 7) is 13.6. The number of allylic oxidation sites excluding steroid dienone is 1. The van der Waals surface area contributed by atoms with E-state index in [2.05, 4.69) is 147 Å². The summed E-state index contributed by atoms with van der Waals surface area (Å²) in [5.74, 6) is 0. The van der Waals surface area contributed by atoms with E-state index in [1.165, 1.54) is 50.5 Å². The minimum atomic E-state index is 0.0369. The van der Waals surface area contributed by atoms with Crippen molar-refractivity contribution in [2.75, 3.05) is 0 Å². The normalized spacial score (nSPS) is 11.6. The van der Waals surface area contributed by atoms with Crippen LogP contribution in [0.1, 0.15) is 50.9 Å². The van der Waals surface area contributed by atoms with Crippen molar-refractivity contribution < 1.29 is 0 Å². The summed E-state index contributed by atoms with van der Waals surface area (Å²) in [5.41, 5.74) is 12.2. The molecule has 0 amide bonds. The Morgan fingerprint density at radius 1 is 0.789 bits per heavy atom. The van der Waals surface area contributed by atoms with E-state index in [1.807, 2.05) is 0 Å². The minimum Gasteiger partial charge on any atom is -0.358 e. The smallest absolute Gasteiger partial charge is 0.0528 e. The minimum absolute atomic E-state index is 0.0369. The predicted molar refractivity (Wildman–Crippen MR) is 163 cm³/mol. The highest BCUT2D eigenvalue weighted by atomic mass is 15.0. The molecular weight excluding hydrogens is 460 g/mol. The molecule has 2 heterocycles. The summed E-state index contributed by atoms with van der Waals surface area (Å²) in [7, 11) is 0. The number of hydrogen-bond acceptors (Lipinski definition) is 0. The summed E-state index contributed by atoms with van der Waals surface area (Å²) < 4.78 is 2.30. The number of aryl methyl sites for hydroxylation is 1. The number of benzene rings is 3.